The number of nitrogens with zero attached hydrogens (tertiary/aromatic N) is 3. The highest BCUT2D eigenvalue weighted by Crippen LogP contribution is 2.66. The summed E-state index contributed by atoms with van der Waals surface area (Å²) in [7, 11) is 2.76. The number of benzene rings is 2. The topological polar surface area (TPSA) is 138 Å². The zero-order valence-corrected chi connectivity index (χ0v) is 31.1. The molecule has 2 aliphatic carbocycles. The summed E-state index contributed by atoms with van der Waals surface area (Å²) >= 11 is 12.6. The van der Waals surface area contributed by atoms with Gasteiger partial charge in [-0.25, -0.2) is 4.98 Å². The smallest absolute Gasteiger partial charge is 0.417 e. The maximum absolute atomic E-state index is 15.4. The molecule has 1 saturated carbocycles. The Morgan fingerprint density at radius 3 is 2.22 bits per heavy atom. The molecular weight excluding hydrogens is 752 g/mol. The van der Waals surface area contributed by atoms with Crippen LogP contribution in [0.1, 0.15) is 56.2 Å². The van der Waals surface area contributed by atoms with Crippen molar-refractivity contribution in [1.29, 1.82) is 0 Å². The van der Waals surface area contributed by atoms with E-state index in [0.717, 1.165) is 0 Å². The molecule has 11 nitrogen and oxygen atoms in total. The average molecular weight is 788 g/mol. The number of rotatable bonds is 6. The van der Waals surface area contributed by atoms with Crippen LogP contribution in [-0.2, 0) is 30.8 Å². The van der Waals surface area contributed by atoms with Gasteiger partial charge in [0.05, 0.1) is 48.0 Å². The number of imide groups is 2. The summed E-state index contributed by atoms with van der Waals surface area (Å²) in [5.74, 6) is -7.66. The molecule has 4 aliphatic rings. The number of pyridine rings is 1. The van der Waals surface area contributed by atoms with E-state index in [9.17, 15) is 32.7 Å². The third-order valence-corrected chi connectivity index (χ3v) is 11.6. The van der Waals surface area contributed by atoms with Gasteiger partial charge in [0.25, 0.3) is 11.8 Å². The first-order chi connectivity index (χ1) is 25.4. The Labute approximate surface area is 318 Å². The lowest BCUT2D eigenvalue weighted by Crippen LogP contribution is -2.53. The fraction of sp³-hybridized carbons (Fsp3) is 0.395. The fourth-order valence-electron chi connectivity index (χ4n) is 8.92. The molecule has 3 aromatic rings. The van der Waals surface area contributed by atoms with Crippen LogP contribution in [-0.4, -0.2) is 63.4 Å². The van der Waals surface area contributed by atoms with Gasteiger partial charge in [0.2, 0.25) is 11.8 Å². The van der Waals surface area contributed by atoms with Crippen molar-refractivity contribution in [1.82, 2.24) is 14.9 Å². The molecule has 0 spiro atoms. The molecule has 3 fully saturated rings. The normalized spacial score (nSPS) is 26.7. The van der Waals surface area contributed by atoms with Crippen LogP contribution in [0.15, 0.2) is 60.3 Å². The van der Waals surface area contributed by atoms with Crippen LogP contribution in [0.2, 0.25) is 10.0 Å². The maximum atomic E-state index is 15.4. The molecule has 4 amide bonds. The first kappa shape index (κ1) is 37.5. The molecule has 0 radical (unpaired) electrons. The molecule has 2 saturated heterocycles. The lowest BCUT2D eigenvalue weighted by molar-refractivity contribution is -0.146. The Kier molecular flexibility index (Phi) is 8.96. The van der Waals surface area contributed by atoms with Crippen molar-refractivity contribution >= 4 is 52.6 Å². The van der Waals surface area contributed by atoms with Crippen LogP contribution in [0.5, 0.6) is 17.2 Å². The molecule has 1 aromatic heterocycles. The summed E-state index contributed by atoms with van der Waals surface area (Å²) in [6.45, 7) is 5.27. The van der Waals surface area contributed by atoms with Crippen LogP contribution in [0.4, 0.5) is 19.0 Å². The molecule has 2 aliphatic heterocycles. The summed E-state index contributed by atoms with van der Waals surface area (Å²) in [4.78, 5) is 63.5. The van der Waals surface area contributed by atoms with Gasteiger partial charge in [-0.05, 0) is 63.3 Å². The average Bonchev–Trinajstić information content (AvgIpc) is 3.49. The number of nitrogens with one attached hydrogen (secondary N) is 1. The Morgan fingerprint density at radius 1 is 0.944 bits per heavy atom. The van der Waals surface area contributed by atoms with Gasteiger partial charge in [0.1, 0.15) is 17.2 Å². The van der Waals surface area contributed by atoms with E-state index in [4.69, 9.17) is 32.7 Å². The van der Waals surface area contributed by atoms with Gasteiger partial charge < -0.3 is 14.6 Å². The minimum Gasteiger partial charge on any atom is -0.507 e. The summed E-state index contributed by atoms with van der Waals surface area (Å²) in [6.07, 6.45) is -2.38. The number of halogens is 5. The fourth-order valence-corrected chi connectivity index (χ4v) is 9.26. The minimum atomic E-state index is -4.77. The first-order valence-electron chi connectivity index (χ1n) is 17.0. The number of amides is 4. The monoisotopic (exact) mass is 786 g/mol. The van der Waals surface area contributed by atoms with Gasteiger partial charge in [-0.1, -0.05) is 47.0 Å². The summed E-state index contributed by atoms with van der Waals surface area (Å²) in [6, 6.07) is 9.75. The summed E-state index contributed by atoms with van der Waals surface area (Å²) in [5.41, 5.74) is -0.311. The molecule has 3 heterocycles. The molecule has 284 valence electrons. The van der Waals surface area contributed by atoms with E-state index in [2.05, 4.69) is 10.4 Å². The Hall–Kier alpha value is -4.82. The third-order valence-electron chi connectivity index (χ3n) is 11.1. The van der Waals surface area contributed by atoms with Gasteiger partial charge in [-0.3, -0.25) is 29.5 Å². The second-order valence-corrected chi connectivity index (χ2v) is 15.7. The van der Waals surface area contributed by atoms with E-state index in [1.54, 1.807) is 45.0 Å². The third kappa shape index (κ3) is 5.51. The Morgan fingerprint density at radius 2 is 1.63 bits per heavy atom. The number of aromatic hydroxyl groups is 1. The summed E-state index contributed by atoms with van der Waals surface area (Å²) < 4.78 is 51.7. The van der Waals surface area contributed by atoms with Crippen molar-refractivity contribution < 1.29 is 46.9 Å². The number of allylic oxidation sites excluding steroid dienone is 2. The van der Waals surface area contributed by atoms with Crippen LogP contribution >= 0.6 is 23.2 Å². The Bertz CT molecular complexity index is 2140. The van der Waals surface area contributed by atoms with Crippen molar-refractivity contribution in [2.75, 3.05) is 19.6 Å². The predicted octanol–water partition coefficient (Wildman–Crippen LogP) is 6.91. The largest absolute Gasteiger partial charge is 0.507 e. The predicted molar refractivity (Wildman–Crippen MR) is 190 cm³/mol. The zero-order chi connectivity index (χ0) is 39.2. The number of ether oxygens (including phenoxy) is 2. The van der Waals surface area contributed by atoms with Crippen molar-refractivity contribution in [2.45, 2.75) is 56.7 Å². The molecule has 7 rings (SSSR count). The number of anilines is 1. The number of aromatic nitrogens is 1. The molecule has 16 heteroatoms. The lowest BCUT2D eigenvalue weighted by atomic mass is 9.49. The molecule has 2 aromatic carbocycles. The highest BCUT2D eigenvalue weighted by Gasteiger charge is 2.71. The van der Waals surface area contributed by atoms with E-state index in [0.29, 0.717) is 33.4 Å². The van der Waals surface area contributed by atoms with Gasteiger partial charge in [0.15, 0.2) is 5.82 Å². The molecule has 0 bridgehead atoms. The molecular formula is C38H35Cl2F3N4O7. The molecule has 2 N–H and O–H groups in total. The number of hydrogen-bond acceptors (Lipinski definition) is 9. The minimum absolute atomic E-state index is 0.0840. The number of phenols is 1. The van der Waals surface area contributed by atoms with Crippen molar-refractivity contribution in [3.8, 4) is 17.2 Å². The molecule has 6 atom stereocenters. The number of phenolic OH excluding ortho intramolecular Hbond substituents is 1. The standard InChI is InChI=1S/C38H35Cl2F3N4O7/c1-36(2,3)46-32(49)22-11-10-21-23(28(22)34(46)51)15-24-33(50)47(45-31-25(40)12-18(16-44-31)38(41,42)43)35(52)37(24,17-6-8-19(39)9-7-17)30(21)29-26(48)13-20(53-4)14-27(29)54-5/h6-10,12-14,16,22-24,28,30,48H,11,15H2,1-5H3,(H,44,45). The zero-order valence-electron chi connectivity index (χ0n) is 29.6. The van der Waals surface area contributed by atoms with Gasteiger partial charge in [-0.15, -0.1) is 0 Å². The van der Waals surface area contributed by atoms with Crippen molar-refractivity contribution in [2.24, 2.45) is 23.7 Å². The van der Waals surface area contributed by atoms with Crippen LogP contribution in [0, 0.1) is 23.7 Å². The number of hydrogen-bond donors (Lipinski definition) is 2. The number of methoxy groups -OCH3 is 2. The molecule has 6 unspecified atom stereocenters. The highest BCUT2D eigenvalue weighted by atomic mass is 35.5. The van der Waals surface area contributed by atoms with E-state index < -0.39 is 80.8 Å². The van der Waals surface area contributed by atoms with Crippen molar-refractivity contribution in [3.63, 3.8) is 0 Å². The van der Waals surface area contributed by atoms with E-state index in [-0.39, 0.29) is 41.6 Å². The first-order valence-corrected chi connectivity index (χ1v) is 17.8. The molecule has 54 heavy (non-hydrogen) atoms. The second kappa shape index (κ2) is 12.9. The number of hydrazine groups is 1. The van der Waals surface area contributed by atoms with E-state index >= 15 is 4.79 Å². The number of likely N-dealkylation sites (tertiary alicyclic amines) is 1. The summed E-state index contributed by atoms with van der Waals surface area (Å²) in [5, 5.41) is 12.3. The van der Waals surface area contributed by atoms with Gasteiger partial charge in [0, 0.05) is 40.4 Å². The lowest BCUT2D eigenvalue weighted by Gasteiger charge is -2.50. The highest BCUT2D eigenvalue weighted by molar-refractivity contribution is 6.33. The quantitative estimate of drug-likeness (QED) is 0.202. The second-order valence-electron chi connectivity index (χ2n) is 14.9. The maximum Gasteiger partial charge on any atom is 0.417 e. The Balaban J connectivity index is 1.49. The van der Waals surface area contributed by atoms with Crippen LogP contribution in [0.3, 0.4) is 0 Å². The SMILES string of the molecule is COc1cc(O)c(C2C3=CCC4C(=O)N(C(C)(C)C)C(=O)C4C3CC3C(=O)N(Nc4ncc(C(F)(F)F)cc4Cl)C(=O)C32c2ccc(Cl)cc2)c(OC)c1. The van der Waals surface area contributed by atoms with Crippen molar-refractivity contribution in [3.05, 3.63) is 87.0 Å². The van der Waals surface area contributed by atoms with Gasteiger partial charge in [-0.2, -0.15) is 18.2 Å². The number of fused-ring (bicyclic) bond motifs is 4. The number of alkyl halides is 3. The van der Waals surface area contributed by atoms with E-state index in [1.165, 1.54) is 31.3 Å². The number of carbonyl (C=O) groups excluding carboxylic acids is 4. The van der Waals surface area contributed by atoms with Crippen LogP contribution < -0.4 is 14.9 Å². The van der Waals surface area contributed by atoms with Gasteiger partial charge >= 0.3 is 6.18 Å². The van der Waals surface area contributed by atoms with Crippen LogP contribution in [0.25, 0.3) is 0 Å². The van der Waals surface area contributed by atoms with E-state index in [1.807, 2.05) is 6.08 Å². The number of carbonyl (C=O) groups is 4.